The van der Waals surface area contributed by atoms with E-state index < -0.39 is 6.04 Å². The van der Waals surface area contributed by atoms with E-state index in [9.17, 15) is 4.79 Å². The van der Waals surface area contributed by atoms with Crippen molar-refractivity contribution in [2.75, 3.05) is 5.32 Å². The summed E-state index contributed by atoms with van der Waals surface area (Å²) in [5.74, 6) is -0.202. The average molecular weight is 214 g/mol. The highest BCUT2D eigenvalue weighted by atomic mass is 32.1. The molecular weight excluding hydrogens is 200 g/mol. The summed E-state index contributed by atoms with van der Waals surface area (Å²) < 4.78 is 0. The number of anilines is 1. The first-order valence-corrected chi connectivity index (χ1v) is 5.37. The molecule has 6 heteroatoms. The van der Waals surface area contributed by atoms with Crippen LogP contribution in [0, 0.1) is 0 Å². The molecule has 1 rings (SSSR count). The maximum absolute atomic E-state index is 11.3. The van der Waals surface area contributed by atoms with E-state index in [2.05, 4.69) is 15.5 Å². The average Bonchev–Trinajstić information content (AvgIpc) is 2.64. The van der Waals surface area contributed by atoms with Crippen LogP contribution >= 0.6 is 11.3 Å². The Bertz CT molecular complexity index is 312. The first-order chi connectivity index (χ1) is 6.67. The van der Waals surface area contributed by atoms with Gasteiger partial charge < -0.3 is 5.73 Å². The van der Waals surface area contributed by atoms with Crippen molar-refractivity contribution in [2.45, 2.75) is 32.7 Å². The normalized spacial score (nSPS) is 12.5. The highest BCUT2D eigenvalue weighted by Crippen LogP contribution is 2.15. The molecule has 0 aromatic carbocycles. The molecule has 0 aliphatic heterocycles. The topological polar surface area (TPSA) is 80.9 Å². The van der Waals surface area contributed by atoms with Crippen LogP contribution in [0.4, 0.5) is 5.13 Å². The van der Waals surface area contributed by atoms with Crippen LogP contribution in [-0.2, 0) is 11.2 Å². The molecule has 1 aromatic rings. The molecule has 0 aliphatic rings. The number of nitrogens with two attached hydrogens (primary N) is 1. The lowest BCUT2D eigenvalue weighted by molar-refractivity contribution is -0.117. The molecule has 0 unspecified atom stereocenters. The molecule has 0 radical (unpaired) electrons. The number of rotatable bonds is 4. The van der Waals surface area contributed by atoms with E-state index in [1.807, 2.05) is 13.8 Å². The minimum absolute atomic E-state index is 0.202. The Morgan fingerprint density at radius 2 is 2.29 bits per heavy atom. The van der Waals surface area contributed by atoms with Gasteiger partial charge in [-0.1, -0.05) is 25.2 Å². The van der Waals surface area contributed by atoms with Gasteiger partial charge in [-0.05, 0) is 12.8 Å². The summed E-state index contributed by atoms with van der Waals surface area (Å²) in [5, 5.41) is 11.8. The van der Waals surface area contributed by atoms with E-state index in [1.165, 1.54) is 11.3 Å². The van der Waals surface area contributed by atoms with Crippen LogP contribution in [0.15, 0.2) is 0 Å². The molecular formula is C8H14N4OS. The number of hydrogen-bond donors (Lipinski definition) is 2. The first kappa shape index (κ1) is 11.1. The Hall–Kier alpha value is -1.01. The summed E-state index contributed by atoms with van der Waals surface area (Å²) >= 11 is 1.38. The van der Waals surface area contributed by atoms with Crippen molar-refractivity contribution in [1.29, 1.82) is 0 Å². The van der Waals surface area contributed by atoms with E-state index in [0.29, 0.717) is 11.6 Å². The zero-order valence-corrected chi connectivity index (χ0v) is 9.10. The number of carbonyl (C=O) groups is 1. The second kappa shape index (κ2) is 5.02. The van der Waals surface area contributed by atoms with Crippen LogP contribution < -0.4 is 11.1 Å². The second-order valence-electron chi connectivity index (χ2n) is 2.86. The van der Waals surface area contributed by atoms with E-state index in [0.717, 1.165) is 11.4 Å². The van der Waals surface area contributed by atoms with Crippen molar-refractivity contribution in [3.63, 3.8) is 0 Å². The van der Waals surface area contributed by atoms with E-state index in [1.54, 1.807) is 0 Å². The largest absolute Gasteiger partial charge is 0.320 e. The van der Waals surface area contributed by atoms with E-state index in [4.69, 9.17) is 5.73 Å². The fraction of sp³-hybridized carbons (Fsp3) is 0.625. The van der Waals surface area contributed by atoms with Gasteiger partial charge in [-0.15, -0.1) is 10.2 Å². The third-order valence-corrected chi connectivity index (χ3v) is 2.76. The maximum Gasteiger partial charge on any atom is 0.243 e. The van der Waals surface area contributed by atoms with Crippen molar-refractivity contribution >= 4 is 22.4 Å². The van der Waals surface area contributed by atoms with Gasteiger partial charge in [0, 0.05) is 0 Å². The third kappa shape index (κ3) is 2.74. The van der Waals surface area contributed by atoms with Gasteiger partial charge in [0.15, 0.2) is 0 Å². The molecule has 0 saturated heterocycles. The van der Waals surface area contributed by atoms with Crippen molar-refractivity contribution in [1.82, 2.24) is 10.2 Å². The fourth-order valence-corrected chi connectivity index (χ4v) is 1.51. The Labute approximate surface area is 86.7 Å². The minimum atomic E-state index is -0.469. The minimum Gasteiger partial charge on any atom is -0.320 e. The SMILES string of the molecule is CCc1nnc(NC(=O)[C@@H](N)CC)s1. The van der Waals surface area contributed by atoms with Crippen molar-refractivity contribution in [2.24, 2.45) is 5.73 Å². The number of nitrogens with zero attached hydrogens (tertiary/aromatic N) is 2. The lowest BCUT2D eigenvalue weighted by atomic mass is 10.2. The Morgan fingerprint density at radius 3 is 2.79 bits per heavy atom. The van der Waals surface area contributed by atoms with Crippen LogP contribution in [0.2, 0.25) is 0 Å². The van der Waals surface area contributed by atoms with E-state index in [-0.39, 0.29) is 5.91 Å². The van der Waals surface area contributed by atoms with Crippen molar-refractivity contribution in [3.8, 4) is 0 Å². The number of carbonyl (C=O) groups excluding carboxylic acids is 1. The molecule has 0 aliphatic carbocycles. The van der Waals surface area contributed by atoms with Gasteiger partial charge >= 0.3 is 0 Å². The van der Waals surface area contributed by atoms with Crippen LogP contribution in [0.25, 0.3) is 0 Å². The summed E-state index contributed by atoms with van der Waals surface area (Å²) in [6.45, 7) is 3.85. The van der Waals surface area contributed by atoms with Gasteiger partial charge in [-0.3, -0.25) is 10.1 Å². The zero-order chi connectivity index (χ0) is 10.6. The number of hydrogen-bond acceptors (Lipinski definition) is 5. The summed E-state index contributed by atoms with van der Waals surface area (Å²) in [4.78, 5) is 11.3. The summed E-state index contributed by atoms with van der Waals surface area (Å²) in [5.41, 5.74) is 5.55. The molecule has 1 aromatic heterocycles. The zero-order valence-electron chi connectivity index (χ0n) is 8.28. The van der Waals surface area contributed by atoms with Crippen LogP contribution in [0.1, 0.15) is 25.3 Å². The first-order valence-electron chi connectivity index (χ1n) is 4.56. The third-order valence-electron chi connectivity index (χ3n) is 1.78. The van der Waals surface area contributed by atoms with E-state index >= 15 is 0 Å². The number of aromatic nitrogens is 2. The highest BCUT2D eigenvalue weighted by Gasteiger charge is 2.13. The van der Waals surface area contributed by atoms with Gasteiger partial charge in [0.25, 0.3) is 0 Å². The van der Waals surface area contributed by atoms with Crippen LogP contribution in [-0.4, -0.2) is 22.1 Å². The summed E-state index contributed by atoms with van der Waals surface area (Å²) in [6, 6.07) is -0.469. The number of aryl methyl sites for hydroxylation is 1. The molecule has 1 atom stereocenters. The smallest absolute Gasteiger partial charge is 0.243 e. The molecule has 14 heavy (non-hydrogen) atoms. The maximum atomic E-state index is 11.3. The monoisotopic (exact) mass is 214 g/mol. The Kier molecular flexibility index (Phi) is 3.97. The molecule has 78 valence electrons. The molecule has 0 spiro atoms. The molecule has 0 bridgehead atoms. The summed E-state index contributed by atoms with van der Waals surface area (Å²) in [6.07, 6.45) is 1.44. The number of nitrogens with one attached hydrogen (secondary N) is 1. The molecule has 1 heterocycles. The molecule has 1 amide bonds. The Morgan fingerprint density at radius 1 is 1.57 bits per heavy atom. The van der Waals surface area contributed by atoms with Crippen LogP contribution in [0.5, 0.6) is 0 Å². The summed E-state index contributed by atoms with van der Waals surface area (Å²) in [7, 11) is 0. The van der Waals surface area contributed by atoms with Gasteiger partial charge in [0.2, 0.25) is 11.0 Å². The van der Waals surface area contributed by atoms with Gasteiger partial charge in [-0.2, -0.15) is 0 Å². The Balaban J connectivity index is 2.56. The fourth-order valence-electron chi connectivity index (χ4n) is 0.830. The quantitative estimate of drug-likeness (QED) is 0.776. The van der Waals surface area contributed by atoms with Crippen molar-refractivity contribution < 1.29 is 4.79 Å². The van der Waals surface area contributed by atoms with Crippen molar-refractivity contribution in [3.05, 3.63) is 5.01 Å². The lowest BCUT2D eigenvalue weighted by Crippen LogP contribution is -2.34. The predicted molar refractivity (Wildman–Crippen MR) is 56.2 cm³/mol. The molecule has 0 fully saturated rings. The number of amides is 1. The van der Waals surface area contributed by atoms with Gasteiger partial charge in [0.05, 0.1) is 6.04 Å². The molecule has 5 nitrogen and oxygen atoms in total. The lowest BCUT2D eigenvalue weighted by Gasteiger charge is -2.06. The second-order valence-corrected chi connectivity index (χ2v) is 3.92. The van der Waals surface area contributed by atoms with Gasteiger partial charge in [-0.25, -0.2) is 0 Å². The molecule has 3 N–H and O–H groups in total. The predicted octanol–water partition coefficient (Wildman–Crippen LogP) is 0.776. The molecule has 0 saturated carbocycles. The van der Waals surface area contributed by atoms with Gasteiger partial charge in [0.1, 0.15) is 5.01 Å². The highest BCUT2D eigenvalue weighted by molar-refractivity contribution is 7.15. The standard InChI is InChI=1S/C8H14N4OS/c1-3-5(9)7(13)10-8-12-11-6(4-2)14-8/h5H,3-4,9H2,1-2H3,(H,10,12,13)/t5-/m0/s1. The van der Waals surface area contributed by atoms with Crippen LogP contribution in [0.3, 0.4) is 0 Å².